The lowest BCUT2D eigenvalue weighted by Gasteiger charge is -2.48. The quantitative estimate of drug-likeness (QED) is 0.238. The van der Waals surface area contributed by atoms with E-state index in [1.165, 1.54) is 0 Å². The number of cyclic esters (lactones) is 1. The van der Waals surface area contributed by atoms with E-state index >= 15 is 4.79 Å². The van der Waals surface area contributed by atoms with Crippen molar-refractivity contribution >= 4 is 17.4 Å². The van der Waals surface area contributed by atoms with Crippen molar-refractivity contribution in [2.45, 2.75) is 179 Å². The zero-order chi connectivity index (χ0) is 44.6. The molecule has 13 heteroatoms. The summed E-state index contributed by atoms with van der Waals surface area (Å²) in [7, 11) is 9.08. The first kappa shape index (κ1) is 47.5. The first-order valence-electron chi connectivity index (χ1n) is 23.5. The van der Waals surface area contributed by atoms with Crippen LogP contribution in [-0.4, -0.2) is 137 Å². The number of ether oxygens (including phenoxy) is 8. The third kappa shape index (κ3) is 9.72. The van der Waals surface area contributed by atoms with Crippen molar-refractivity contribution in [3.8, 4) is 0 Å². The van der Waals surface area contributed by atoms with Crippen LogP contribution >= 0.6 is 0 Å². The van der Waals surface area contributed by atoms with Crippen LogP contribution in [0.25, 0.3) is 0 Å². The molecule has 3 saturated heterocycles. The van der Waals surface area contributed by atoms with Crippen LogP contribution in [0.3, 0.4) is 0 Å². The average Bonchev–Trinajstić information content (AvgIpc) is 3.82. The molecule has 1 aromatic carbocycles. The van der Waals surface area contributed by atoms with Gasteiger partial charge in [0.05, 0.1) is 43.0 Å². The highest BCUT2D eigenvalue weighted by Gasteiger charge is 2.60. The summed E-state index contributed by atoms with van der Waals surface area (Å²) in [5, 5.41) is 16.5. The number of hydrogen-bond acceptors (Lipinski definition) is 13. The van der Waals surface area contributed by atoms with E-state index in [0.717, 1.165) is 36.1 Å². The van der Waals surface area contributed by atoms with Gasteiger partial charge in [0.15, 0.2) is 18.4 Å². The van der Waals surface area contributed by atoms with Gasteiger partial charge in [-0.15, -0.1) is 0 Å². The fraction of sp³-hybridized carbons (Fsp3) is 0.796. The molecule has 3 aliphatic carbocycles. The Kier molecular flexibility index (Phi) is 15.6. The van der Waals surface area contributed by atoms with E-state index < -0.39 is 48.8 Å². The molecule has 0 spiro atoms. The SMILES string of the molecule is CC[C@H]1CCC[C@H](O[C@H]2CC[C@H](N(C)C)C(C)O2)[C@@H](C)C(=O)C2=C[C@H]3[C@@H]4C[C@H](O[C@@H]5OC(C)[C@H](OC)C(OC)[C@@H]5OC)C[C@H]4[C@@H](O)[C@H](Nc4ccc(C)cc4C)[C@H]3[C@@H]2CC(=O)O1. The lowest BCUT2D eigenvalue weighted by Crippen LogP contribution is -2.59. The number of aliphatic hydroxyl groups is 1. The van der Waals surface area contributed by atoms with Gasteiger partial charge in [-0.25, -0.2) is 0 Å². The van der Waals surface area contributed by atoms with Crippen molar-refractivity contribution in [3.05, 3.63) is 41.0 Å². The molecule has 5 fully saturated rings. The predicted octanol–water partition coefficient (Wildman–Crippen LogP) is 6.39. The van der Waals surface area contributed by atoms with Gasteiger partial charge in [-0.2, -0.15) is 0 Å². The molecule has 0 amide bonds. The molecule has 62 heavy (non-hydrogen) atoms. The zero-order valence-corrected chi connectivity index (χ0v) is 39.1. The van der Waals surface area contributed by atoms with Crippen molar-refractivity contribution < 1.29 is 52.6 Å². The summed E-state index contributed by atoms with van der Waals surface area (Å²) in [6, 6.07) is 6.11. The highest BCUT2D eigenvalue weighted by Crippen LogP contribution is 2.57. The second-order valence-electron chi connectivity index (χ2n) is 19.6. The van der Waals surface area contributed by atoms with Gasteiger partial charge < -0.3 is 53.2 Å². The second-order valence-corrected chi connectivity index (χ2v) is 19.6. The minimum absolute atomic E-state index is 0.00206. The monoisotopic (exact) mass is 869 g/mol. The number of allylic oxidation sites excluding steroid dienone is 2. The number of rotatable bonds is 11. The summed E-state index contributed by atoms with van der Waals surface area (Å²) < 4.78 is 50.3. The van der Waals surface area contributed by atoms with Gasteiger partial charge in [0.1, 0.15) is 24.4 Å². The number of nitrogens with zero attached hydrogens (tertiary/aromatic N) is 1. The molecule has 7 rings (SSSR count). The Bertz CT molecular complexity index is 1720. The number of benzene rings is 1. The molecular formula is C49H76N2O11. The molecule has 2 saturated carbocycles. The van der Waals surface area contributed by atoms with Crippen molar-refractivity contribution in [1.82, 2.24) is 4.90 Å². The van der Waals surface area contributed by atoms with Gasteiger partial charge in [0, 0.05) is 44.9 Å². The number of ketones is 1. The molecule has 1 aromatic rings. The number of esters is 1. The van der Waals surface area contributed by atoms with Gasteiger partial charge in [0.2, 0.25) is 0 Å². The first-order valence-corrected chi connectivity index (χ1v) is 23.5. The second kappa shape index (κ2) is 20.4. The molecule has 3 unspecified atom stereocenters. The Morgan fingerprint density at radius 3 is 2.26 bits per heavy atom. The maximum Gasteiger partial charge on any atom is 0.306 e. The van der Waals surface area contributed by atoms with Crippen LogP contribution < -0.4 is 5.32 Å². The van der Waals surface area contributed by atoms with Crippen LogP contribution in [0.15, 0.2) is 29.8 Å². The van der Waals surface area contributed by atoms with Gasteiger partial charge in [0.25, 0.3) is 0 Å². The number of carbonyl (C=O) groups is 2. The van der Waals surface area contributed by atoms with Gasteiger partial charge in [-0.05, 0) is 134 Å². The Hall–Kier alpha value is -2.46. The normalized spacial score (nSPS) is 42.9. The molecule has 6 aliphatic rings. The molecule has 0 radical (unpaired) electrons. The van der Waals surface area contributed by atoms with E-state index in [2.05, 4.69) is 76.3 Å². The number of likely N-dealkylation sites (N-methyl/N-ethyl adjacent to an activating group) is 1. The van der Waals surface area contributed by atoms with Crippen LogP contribution in [-0.2, 0) is 47.5 Å². The summed E-state index contributed by atoms with van der Waals surface area (Å²) in [5.74, 6) is -1.80. The molecule has 0 bridgehead atoms. The Balaban J connectivity index is 1.22. The Labute approximate surface area is 370 Å². The lowest BCUT2D eigenvalue weighted by atomic mass is 9.62. The van der Waals surface area contributed by atoms with E-state index in [9.17, 15) is 9.90 Å². The van der Waals surface area contributed by atoms with Gasteiger partial charge >= 0.3 is 5.97 Å². The van der Waals surface area contributed by atoms with Gasteiger partial charge in [-0.3, -0.25) is 9.59 Å². The number of anilines is 1. The molecule has 348 valence electrons. The highest BCUT2D eigenvalue weighted by atomic mass is 16.7. The van der Waals surface area contributed by atoms with E-state index in [1.54, 1.807) is 21.3 Å². The molecule has 3 aliphatic heterocycles. The standard InChI is InChI=1S/C49H76N2O11/c1-12-30-14-13-15-39(62-41-19-18-38(51(7)8)28(5)58-41)27(4)44(53)36-23-33-32-21-31(61-49-48(57-11)47(56-10)46(55-9)29(6)59-49)22-35(32)45(54)43(42(33)34(36)24-40(52)60-30)50-37-17-16-25(2)20-26(37)3/h16-17,20,23,27-35,38-39,41-43,45-50,54H,12-15,18-19,21-22,24H2,1-11H3/t27-,28?,29?,30+,31+,32+,33+,34-,35-,38+,39+,41+,42-,43-,45-,46+,47?,48+,49+/m1/s1. The number of methoxy groups -OCH3 is 3. The van der Waals surface area contributed by atoms with Crippen LogP contribution in [0.1, 0.15) is 96.6 Å². The van der Waals surface area contributed by atoms with Crippen molar-refractivity contribution in [3.63, 3.8) is 0 Å². The summed E-state index contributed by atoms with van der Waals surface area (Å²) in [6.45, 7) is 12.2. The maximum atomic E-state index is 15.2. The molecule has 2 N–H and O–H groups in total. The number of aryl methyl sites for hydroxylation is 2. The number of aliphatic hydroxyl groups excluding tert-OH is 1. The zero-order valence-electron chi connectivity index (χ0n) is 39.1. The van der Waals surface area contributed by atoms with Crippen LogP contribution in [0.5, 0.6) is 0 Å². The largest absolute Gasteiger partial charge is 0.462 e. The van der Waals surface area contributed by atoms with E-state index in [4.69, 9.17) is 37.9 Å². The average molecular weight is 869 g/mol. The molecule has 3 heterocycles. The van der Waals surface area contributed by atoms with E-state index in [-0.39, 0.29) is 78.5 Å². The summed E-state index contributed by atoms with van der Waals surface area (Å²) >= 11 is 0. The van der Waals surface area contributed by atoms with Crippen molar-refractivity contribution in [1.29, 1.82) is 0 Å². The van der Waals surface area contributed by atoms with Gasteiger partial charge in [-0.1, -0.05) is 37.6 Å². The number of fused-ring (bicyclic) bond motifs is 5. The van der Waals surface area contributed by atoms with Crippen molar-refractivity contribution in [2.75, 3.05) is 40.7 Å². The summed E-state index contributed by atoms with van der Waals surface area (Å²) in [4.78, 5) is 31.5. The summed E-state index contributed by atoms with van der Waals surface area (Å²) in [6.07, 6.45) is 3.60. The smallest absolute Gasteiger partial charge is 0.306 e. The minimum Gasteiger partial charge on any atom is -0.462 e. The fourth-order valence-electron chi connectivity index (χ4n) is 12.4. The topological polar surface area (TPSA) is 143 Å². The van der Waals surface area contributed by atoms with Crippen molar-refractivity contribution in [2.24, 2.45) is 35.5 Å². The van der Waals surface area contributed by atoms with E-state index in [1.807, 2.05) is 13.8 Å². The Morgan fingerprint density at radius 2 is 1.60 bits per heavy atom. The number of carbonyl (C=O) groups excluding carboxylic acids is 2. The third-order valence-corrected chi connectivity index (χ3v) is 15.6. The fourth-order valence-corrected chi connectivity index (χ4v) is 12.4. The van der Waals surface area contributed by atoms with E-state index in [0.29, 0.717) is 43.7 Å². The molecular weight excluding hydrogens is 793 g/mol. The minimum atomic E-state index is -0.793. The number of hydrogen-bond donors (Lipinski definition) is 2. The van der Waals surface area contributed by atoms with Crippen LogP contribution in [0.2, 0.25) is 0 Å². The predicted molar refractivity (Wildman–Crippen MR) is 234 cm³/mol. The number of Topliss-reactive ketones (excluding diaryl/α,β-unsaturated/α-hetero) is 1. The highest BCUT2D eigenvalue weighted by molar-refractivity contribution is 5.99. The molecule has 13 nitrogen and oxygen atoms in total. The molecule has 0 aromatic heterocycles. The third-order valence-electron chi connectivity index (χ3n) is 15.6. The summed E-state index contributed by atoms with van der Waals surface area (Å²) in [5.41, 5.74) is 3.79. The maximum absolute atomic E-state index is 15.2. The first-order chi connectivity index (χ1) is 29.7. The van der Waals surface area contributed by atoms with Crippen LogP contribution in [0, 0.1) is 49.4 Å². The molecule has 19 atom stereocenters. The number of nitrogens with one attached hydrogen (secondary N) is 1. The Morgan fingerprint density at radius 1 is 0.871 bits per heavy atom. The van der Waals surface area contributed by atoms with Crippen LogP contribution in [0.4, 0.5) is 5.69 Å². The lowest BCUT2D eigenvalue weighted by molar-refractivity contribution is -0.314.